The van der Waals surface area contributed by atoms with Gasteiger partial charge in [0.25, 0.3) is 0 Å². The summed E-state index contributed by atoms with van der Waals surface area (Å²) in [4.78, 5) is 68.1. The van der Waals surface area contributed by atoms with Gasteiger partial charge in [0.05, 0.1) is 78.8 Å². The van der Waals surface area contributed by atoms with Crippen molar-refractivity contribution in [2.45, 2.75) is 116 Å². The number of amides is 2. The number of aliphatic hydroxyl groups is 4. The molecule has 0 saturated carbocycles. The van der Waals surface area contributed by atoms with Gasteiger partial charge < -0.3 is 64.6 Å². The van der Waals surface area contributed by atoms with Crippen LogP contribution in [0.25, 0.3) is 21.5 Å². The van der Waals surface area contributed by atoms with E-state index in [0.29, 0.717) is 23.0 Å². The fourth-order valence-electron chi connectivity index (χ4n) is 9.13. The lowest BCUT2D eigenvalue weighted by Crippen LogP contribution is -2.50. The number of anilines is 1. The molecule has 0 bridgehead atoms. The first-order chi connectivity index (χ1) is 35.9. The molecule has 7 rings (SSSR count). The Labute approximate surface area is 444 Å². The summed E-state index contributed by atoms with van der Waals surface area (Å²) in [6.07, 6.45) is -3.39. The number of hydrogen-bond donors (Lipinski definition) is 6. The molecule has 7 N–H and O–H groups in total. The van der Waals surface area contributed by atoms with E-state index < -0.39 is 54.1 Å². The van der Waals surface area contributed by atoms with Crippen molar-refractivity contribution in [3.63, 3.8) is 0 Å². The van der Waals surface area contributed by atoms with Crippen LogP contribution in [0.2, 0.25) is 5.02 Å². The first-order valence-electron chi connectivity index (χ1n) is 25.1. The molecule has 2 aliphatic rings. The number of nitrogens with two attached hydrogens (primary N) is 1. The number of hydrogen-bond acceptors (Lipinski definition) is 18. The molecule has 2 saturated heterocycles. The van der Waals surface area contributed by atoms with E-state index in [4.69, 9.17) is 41.0 Å². The number of likely N-dealkylation sites (tertiary alicyclic amines) is 1. The zero-order valence-corrected chi connectivity index (χ0v) is 44.2. The number of ketones is 2. The molecular weight excluding hydrogens is 1010 g/mol. The number of benzene rings is 2. The number of Topliss-reactive ketones (excluding diaryl/α,β-unsaturated/α-hetero) is 2. The molecule has 2 amide bonds. The summed E-state index contributed by atoms with van der Waals surface area (Å²) in [7, 11) is 0. The minimum absolute atomic E-state index is 0.0115. The third-order valence-electron chi connectivity index (χ3n) is 13.4. The van der Waals surface area contributed by atoms with E-state index in [1.165, 1.54) is 21.9 Å². The first kappa shape index (κ1) is 57.2. The number of carbonyl (C=O) groups is 4. The van der Waals surface area contributed by atoms with Gasteiger partial charge in [-0.05, 0) is 53.6 Å². The quantitative estimate of drug-likeness (QED) is 0.0381. The molecule has 5 aromatic rings. The van der Waals surface area contributed by atoms with Gasteiger partial charge in [0.15, 0.2) is 6.23 Å². The van der Waals surface area contributed by atoms with Gasteiger partial charge in [0.1, 0.15) is 65.6 Å². The van der Waals surface area contributed by atoms with Crippen molar-refractivity contribution >= 4 is 63.2 Å². The van der Waals surface area contributed by atoms with E-state index in [-0.39, 0.29) is 131 Å². The highest BCUT2D eigenvalue weighted by molar-refractivity contribution is 7.13. The van der Waals surface area contributed by atoms with Crippen LogP contribution in [-0.2, 0) is 44.7 Å². The van der Waals surface area contributed by atoms with Crippen LogP contribution in [0, 0.1) is 18.3 Å². The molecule has 0 spiro atoms. The van der Waals surface area contributed by atoms with E-state index in [9.17, 15) is 39.6 Å². The Morgan fingerprint density at radius 2 is 1.59 bits per heavy atom. The molecule has 406 valence electrons. The van der Waals surface area contributed by atoms with Gasteiger partial charge in [-0.1, -0.05) is 62.7 Å². The van der Waals surface area contributed by atoms with Crippen LogP contribution in [0.5, 0.6) is 5.75 Å². The Bertz CT molecular complexity index is 2720. The molecule has 3 aromatic heterocycles. The number of β-amino-alcohol motifs (C(OH)–C–C–N with tert-alkyl or cyclic N) is 1. The number of thiazole rings is 1. The van der Waals surface area contributed by atoms with Crippen LogP contribution < -0.4 is 15.8 Å². The molecule has 75 heavy (non-hydrogen) atoms. The summed E-state index contributed by atoms with van der Waals surface area (Å²) in [5.41, 5.74) is 10.8. The number of aromatic nitrogens is 4. The fraction of sp³-hybridized carbons (Fsp3) is 0.528. The lowest BCUT2D eigenvalue weighted by Gasteiger charge is -2.34. The van der Waals surface area contributed by atoms with E-state index >= 15 is 0 Å². The normalized spacial score (nSPS) is 20.6. The second-order valence-corrected chi connectivity index (χ2v) is 21.2. The topological polar surface area (TPSA) is 280 Å². The van der Waals surface area contributed by atoms with Crippen LogP contribution in [0.3, 0.4) is 0 Å². The maximum absolute atomic E-state index is 14.0. The number of aryl methyl sites for hydroxylation is 1. The number of nitrogens with zero attached hydrogens (tertiary/aromatic N) is 5. The lowest BCUT2D eigenvalue weighted by molar-refractivity contribution is -0.146. The summed E-state index contributed by atoms with van der Waals surface area (Å²) in [5.74, 6) is -1.05. The predicted octanol–water partition coefficient (Wildman–Crippen LogP) is 4.91. The van der Waals surface area contributed by atoms with Gasteiger partial charge in [0.2, 0.25) is 11.8 Å². The van der Waals surface area contributed by atoms with E-state index in [1.54, 1.807) is 41.2 Å². The van der Waals surface area contributed by atoms with Gasteiger partial charge in [-0.2, -0.15) is 0 Å². The number of carbonyl (C=O) groups excluding carboxylic acids is 4. The highest BCUT2D eigenvalue weighted by Gasteiger charge is 2.48. The van der Waals surface area contributed by atoms with Crippen molar-refractivity contribution in [2.75, 3.05) is 58.5 Å². The van der Waals surface area contributed by atoms with Crippen molar-refractivity contribution in [3.8, 4) is 16.2 Å². The van der Waals surface area contributed by atoms with Crippen LogP contribution in [0.1, 0.15) is 88.4 Å². The van der Waals surface area contributed by atoms with Gasteiger partial charge >= 0.3 is 0 Å². The van der Waals surface area contributed by atoms with Gasteiger partial charge in [-0.25, -0.2) is 15.0 Å². The van der Waals surface area contributed by atoms with Crippen molar-refractivity contribution in [2.24, 2.45) is 11.3 Å². The molecule has 2 aromatic carbocycles. The average Bonchev–Trinajstić information content (AvgIpc) is 4.18. The Balaban J connectivity index is 0.726. The summed E-state index contributed by atoms with van der Waals surface area (Å²) in [6.45, 7) is 9.48. The average molecular weight is 1080 g/mol. The maximum Gasteiger partial charge on any atom is 0.243 e. The highest BCUT2D eigenvalue weighted by atomic mass is 35.5. The third kappa shape index (κ3) is 14.9. The van der Waals surface area contributed by atoms with Gasteiger partial charge in [0, 0.05) is 57.3 Å². The number of aliphatic hydroxyl groups excluding tert-OH is 4. The largest absolute Gasteiger partial charge is 0.492 e. The van der Waals surface area contributed by atoms with Gasteiger partial charge in [-0.3, -0.25) is 19.2 Å². The van der Waals surface area contributed by atoms with Crippen LogP contribution in [0.15, 0.2) is 66.6 Å². The molecule has 0 radical (unpaired) electrons. The smallest absolute Gasteiger partial charge is 0.243 e. The van der Waals surface area contributed by atoms with E-state index in [1.807, 2.05) is 52.0 Å². The molecule has 20 nitrogen and oxygen atoms in total. The predicted molar refractivity (Wildman–Crippen MR) is 279 cm³/mol. The molecular formula is C53H68ClN7O13S. The summed E-state index contributed by atoms with van der Waals surface area (Å²) in [6, 6.07) is 13.3. The molecule has 8 atom stereocenters. The van der Waals surface area contributed by atoms with Gasteiger partial charge in [-0.15, -0.1) is 11.3 Å². The van der Waals surface area contributed by atoms with Crippen LogP contribution in [-0.4, -0.2) is 151 Å². The van der Waals surface area contributed by atoms with Crippen molar-refractivity contribution < 1.29 is 63.3 Å². The Morgan fingerprint density at radius 1 is 0.893 bits per heavy atom. The van der Waals surface area contributed by atoms with Crippen LogP contribution >= 0.6 is 22.9 Å². The number of halogens is 1. The van der Waals surface area contributed by atoms with Crippen molar-refractivity contribution in [1.82, 2.24) is 29.7 Å². The number of fused-ring (bicyclic) bond motifs is 1. The summed E-state index contributed by atoms with van der Waals surface area (Å²) < 4.78 is 30.1. The van der Waals surface area contributed by atoms with E-state index in [2.05, 4.69) is 20.3 Å². The number of rotatable bonds is 27. The second-order valence-electron chi connectivity index (χ2n) is 19.9. The molecule has 5 heterocycles. The number of nitrogens with one attached hydrogen (secondary N) is 1. The van der Waals surface area contributed by atoms with E-state index in [0.717, 1.165) is 21.7 Å². The Morgan fingerprint density at radius 3 is 2.27 bits per heavy atom. The Kier molecular flexibility index (Phi) is 20.3. The zero-order valence-electron chi connectivity index (χ0n) is 42.6. The number of nitrogen functional groups attached to an aromatic ring is 1. The van der Waals surface area contributed by atoms with Crippen molar-refractivity contribution in [3.05, 3.63) is 88.4 Å². The lowest BCUT2D eigenvalue weighted by atomic mass is 9.76. The SMILES string of the molecule is Cc1ncsc1-c1ccc(CNC(=O)[C@@H]2C[C@@H](O)CN2C(=O)[C@@H](CC(=O)CCOCCOCCOCCC(=O)CCCOc2cc([C@@H](O)[C@H]3O[C@@H](n4ccc5c(N)ncnc54)[C@H](O)[C@@H]3O)ccc2Cl)C(C)(C)C)cc1. The van der Waals surface area contributed by atoms with Crippen molar-refractivity contribution in [1.29, 1.82) is 0 Å². The monoisotopic (exact) mass is 1080 g/mol. The molecule has 2 fully saturated rings. The highest BCUT2D eigenvalue weighted by Crippen LogP contribution is 2.40. The minimum atomic E-state index is -1.44. The number of ether oxygens (including phenoxy) is 5. The maximum atomic E-state index is 14.0. The molecule has 0 unspecified atom stereocenters. The second kappa shape index (κ2) is 26.5. The minimum Gasteiger partial charge on any atom is -0.492 e. The standard InChI is InChI=1S/C53H68ClN7O13S/c1-31-47(75-30-59-31)33-9-7-32(8-10-33)27-56-50(68)41-26-37(64)28-61(41)51(69)39(53(2,3)4)25-36(63)15-19-71-21-23-72-22-20-70-18-14-35(62)6-5-17-73-42-24-34(11-12-40(42)54)43(65)46-44(66)45(67)52(74-46)60-16-13-38-48(55)57-29-58-49(38)60/h7-13,16,24,29-30,37,39,41,43-46,52,64-67H,5-6,14-15,17-23,25-28H2,1-4H3,(H,56,68)(H2,55,57,58)/t37-,39-,41+,43-,44+,45-,46-,52-/m1/s1. The first-order valence-corrected chi connectivity index (χ1v) is 26.4. The fourth-order valence-corrected chi connectivity index (χ4v) is 10.1. The molecule has 22 heteroatoms. The zero-order chi connectivity index (χ0) is 53.8. The summed E-state index contributed by atoms with van der Waals surface area (Å²) in [5, 5.41) is 47.3. The molecule has 0 aliphatic carbocycles. The Hall–Kier alpha value is -5.46. The third-order valence-corrected chi connectivity index (χ3v) is 14.7. The van der Waals surface area contributed by atoms with Crippen LogP contribution in [0.4, 0.5) is 5.82 Å². The molecule has 2 aliphatic heterocycles. The summed E-state index contributed by atoms with van der Waals surface area (Å²) >= 11 is 7.95.